The number of ether oxygens (including phenoxy) is 1. The van der Waals surface area contributed by atoms with Crippen LogP contribution in [0.5, 0.6) is 5.75 Å². The molecule has 28 heavy (non-hydrogen) atoms. The van der Waals surface area contributed by atoms with Crippen molar-refractivity contribution in [1.29, 1.82) is 0 Å². The van der Waals surface area contributed by atoms with Gasteiger partial charge < -0.3 is 15.4 Å². The number of rotatable bonds is 6. The van der Waals surface area contributed by atoms with Crippen LogP contribution in [0.4, 0.5) is 5.69 Å². The summed E-state index contributed by atoms with van der Waals surface area (Å²) in [5.41, 5.74) is 1.09. The van der Waals surface area contributed by atoms with Gasteiger partial charge in [-0.15, -0.1) is 0 Å². The number of benzene rings is 3. The number of hydrogen-bond acceptors (Lipinski definition) is 3. The van der Waals surface area contributed by atoms with E-state index in [4.69, 9.17) is 4.74 Å². The van der Waals surface area contributed by atoms with Crippen LogP contribution in [0.1, 0.15) is 24.2 Å². The molecule has 0 radical (unpaired) electrons. The van der Waals surface area contributed by atoms with E-state index in [1.165, 1.54) is 7.11 Å². The van der Waals surface area contributed by atoms with Crippen LogP contribution in [0.15, 0.2) is 66.7 Å². The highest BCUT2D eigenvalue weighted by Crippen LogP contribution is 2.20. The van der Waals surface area contributed by atoms with Crippen molar-refractivity contribution in [2.45, 2.75) is 19.9 Å². The molecule has 0 saturated carbocycles. The average molecular weight is 376 g/mol. The van der Waals surface area contributed by atoms with E-state index in [1.54, 1.807) is 24.3 Å². The molecule has 5 nitrogen and oxygen atoms in total. The van der Waals surface area contributed by atoms with Crippen molar-refractivity contribution in [3.8, 4) is 5.75 Å². The largest absolute Gasteiger partial charge is 0.496 e. The lowest BCUT2D eigenvalue weighted by Gasteiger charge is -2.22. The molecule has 3 aromatic rings. The third-order valence-corrected chi connectivity index (χ3v) is 4.60. The lowest BCUT2D eigenvalue weighted by atomic mass is 10.0. The summed E-state index contributed by atoms with van der Waals surface area (Å²) in [5.74, 6) is -0.213. The summed E-state index contributed by atoms with van der Waals surface area (Å²) in [6, 6.07) is 20.0. The summed E-state index contributed by atoms with van der Waals surface area (Å²) in [6.07, 6.45) is 0. The molecule has 0 aliphatic carbocycles. The fourth-order valence-corrected chi connectivity index (χ4v) is 3.07. The van der Waals surface area contributed by atoms with Crippen molar-refractivity contribution in [3.05, 3.63) is 72.3 Å². The number of nitrogens with one attached hydrogen (secondary N) is 2. The molecule has 0 saturated heterocycles. The Balaban J connectivity index is 1.77. The van der Waals surface area contributed by atoms with E-state index in [2.05, 4.69) is 10.6 Å². The van der Waals surface area contributed by atoms with Gasteiger partial charge in [-0.25, -0.2) is 0 Å². The van der Waals surface area contributed by atoms with Gasteiger partial charge in [0.05, 0.1) is 12.7 Å². The first-order valence-corrected chi connectivity index (χ1v) is 9.23. The van der Waals surface area contributed by atoms with Crippen LogP contribution >= 0.6 is 0 Å². The smallest absolute Gasteiger partial charge is 0.255 e. The topological polar surface area (TPSA) is 67.4 Å². The van der Waals surface area contributed by atoms with Crippen molar-refractivity contribution in [2.75, 3.05) is 12.4 Å². The lowest BCUT2D eigenvalue weighted by Crippen LogP contribution is -2.47. The zero-order valence-corrected chi connectivity index (χ0v) is 16.2. The number of amides is 2. The van der Waals surface area contributed by atoms with Crippen molar-refractivity contribution < 1.29 is 14.3 Å². The molecule has 3 rings (SSSR count). The molecule has 1 atom stereocenters. The standard InChI is InChI=1S/C23H24N2O3/c1-15(2)21(25-22(26)19-10-6-7-11-20(19)28-3)23(27)24-18-13-12-16-8-4-5-9-17(16)14-18/h4-15,21H,1-3H3,(H,24,27)(H,25,26)/t21-/m0/s1. The molecule has 3 aromatic carbocycles. The zero-order chi connectivity index (χ0) is 20.1. The minimum atomic E-state index is -0.677. The van der Waals surface area contributed by atoms with Crippen LogP contribution < -0.4 is 15.4 Å². The number of para-hydroxylation sites is 1. The summed E-state index contributed by atoms with van der Waals surface area (Å²) in [7, 11) is 1.51. The fourth-order valence-electron chi connectivity index (χ4n) is 3.07. The second-order valence-electron chi connectivity index (χ2n) is 6.95. The Hall–Kier alpha value is -3.34. The van der Waals surface area contributed by atoms with Crippen molar-refractivity contribution in [2.24, 2.45) is 5.92 Å². The highest BCUT2D eigenvalue weighted by Gasteiger charge is 2.26. The number of hydrogen-bond donors (Lipinski definition) is 2. The number of anilines is 1. The van der Waals surface area contributed by atoms with E-state index >= 15 is 0 Å². The first kappa shape index (κ1) is 19.4. The number of carbonyl (C=O) groups excluding carboxylic acids is 2. The van der Waals surface area contributed by atoms with E-state index in [-0.39, 0.29) is 17.7 Å². The van der Waals surface area contributed by atoms with Gasteiger partial charge in [0, 0.05) is 5.69 Å². The maximum atomic E-state index is 12.9. The summed E-state index contributed by atoms with van der Waals surface area (Å²) in [6.45, 7) is 3.79. The maximum absolute atomic E-state index is 12.9. The zero-order valence-electron chi connectivity index (χ0n) is 16.2. The first-order chi connectivity index (χ1) is 13.5. The molecule has 144 valence electrons. The molecule has 0 aliphatic rings. The van der Waals surface area contributed by atoms with Gasteiger partial charge in [-0.3, -0.25) is 9.59 Å². The second-order valence-corrected chi connectivity index (χ2v) is 6.95. The molecule has 0 unspecified atom stereocenters. The molecule has 5 heteroatoms. The Kier molecular flexibility index (Phi) is 5.94. The maximum Gasteiger partial charge on any atom is 0.255 e. The molecule has 0 bridgehead atoms. The second kappa shape index (κ2) is 8.57. The van der Waals surface area contributed by atoms with E-state index in [0.717, 1.165) is 10.8 Å². The fraction of sp³-hybridized carbons (Fsp3) is 0.217. The van der Waals surface area contributed by atoms with Crippen LogP contribution in [0, 0.1) is 5.92 Å². The van der Waals surface area contributed by atoms with Gasteiger partial charge in [0.25, 0.3) is 5.91 Å². The van der Waals surface area contributed by atoms with Gasteiger partial charge in [-0.1, -0.05) is 56.3 Å². The Labute approximate surface area is 164 Å². The van der Waals surface area contributed by atoms with Crippen LogP contribution in [0.2, 0.25) is 0 Å². The highest BCUT2D eigenvalue weighted by atomic mass is 16.5. The van der Waals surface area contributed by atoms with Gasteiger partial charge in [0.2, 0.25) is 5.91 Å². The SMILES string of the molecule is COc1ccccc1C(=O)N[C@H](C(=O)Nc1ccc2ccccc2c1)C(C)C. The molecular formula is C23H24N2O3. The molecule has 0 aliphatic heterocycles. The minimum absolute atomic E-state index is 0.0842. The summed E-state index contributed by atoms with van der Waals surface area (Å²) in [5, 5.41) is 7.89. The third kappa shape index (κ3) is 4.31. The van der Waals surface area contributed by atoms with Crippen LogP contribution in [0.25, 0.3) is 10.8 Å². The van der Waals surface area contributed by atoms with E-state index in [0.29, 0.717) is 17.0 Å². The molecule has 0 spiro atoms. The summed E-state index contributed by atoms with van der Waals surface area (Å²) in [4.78, 5) is 25.6. The lowest BCUT2D eigenvalue weighted by molar-refractivity contribution is -0.118. The molecule has 0 aromatic heterocycles. The van der Waals surface area contributed by atoms with Crippen molar-refractivity contribution in [1.82, 2.24) is 5.32 Å². The molecular weight excluding hydrogens is 352 g/mol. The van der Waals surface area contributed by atoms with Crippen LogP contribution in [0.3, 0.4) is 0 Å². The Morgan fingerprint density at radius 2 is 1.57 bits per heavy atom. The monoisotopic (exact) mass is 376 g/mol. The third-order valence-electron chi connectivity index (χ3n) is 4.60. The minimum Gasteiger partial charge on any atom is -0.496 e. The summed E-state index contributed by atoms with van der Waals surface area (Å²) < 4.78 is 5.24. The predicted molar refractivity (Wildman–Crippen MR) is 112 cm³/mol. The summed E-state index contributed by atoms with van der Waals surface area (Å²) >= 11 is 0. The molecule has 0 fully saturated rings. The van der Waals surface area contributed by atoms with Crippen molar-refractivity contribution >= 4 is 28.3 Å². The van der Waals surface area contributed by atoms with E-state index in [1.807, 2.05) is 56.3 Å². The van der Waals surface area contributed by atoms with Crippen molar-refractivity contribution in [3.63, 3.8) is 0 Å². The van der Waals surface area contributed by atoms with Gasteiger partial charge in [-0.05, 0) is 41.0 Å². The Morgan fingerprint density at radius 3 is 2.29 bits per heavy atom. The van der Waals surface area contributed by atoms with Gasteiger partial charge in [0.15, 0.2) is 0 Å². The van der Waals surface area contributed by atoms with Gasteiger partial charge >= 0.3 is 0 Å². The predicted octanol–water partition coefficient (Wildman–Crippen LogP) is 4.24. The average Bonchev–Trinajstić information content (AvgIpc) is 2.71. The number of carbonyl (C=O) groups is 2. The Morgan fingerprint density at radius 1 is 0.893 bits per heavy atom. The van der Waals surface area contributed by atoms with Crippen LogP contribution in [-0.4, -0.2) is 25.0 Å². The Bertz CT molecular complexity index is 998. The normalized spacial score (nSPS) is 11.9. The molecule has 0 heterocycles. The number of methoxy groups -OCH3 is 1. The first-order valence-electron chi connectivity index (χ1n) is 9.23. The quantitative estimate of drug-likeness (QED) is 0.676. The van der Waals surface area contributed by atoms with E-state index < -0.39 is 6.04 Å². The van der Waals surface area contributed by atoms with Gasteiger partial charge in [-0.2, -0.15) is 0 Å². The molecule has 2 amide bonds. The molecule has 2 N–H and O–H groups in total. The number of fused-ring (bicyclic) bond motifs is 1. The van der Waals surface area contributed by atoms with E-state index in [9.17, 15) is 9.59 Å². The van der Waals surface area contributed by atoms with Crippen LogP contribution in [-0.2, 0) is 4.79 Å². The highest BCUT2D eigenvalue weighted by molar-refractivity contribution is 6.03. The van der Waals surface area contributed by atoms with Gasteiger partial charge in [0.1, 0.15) is 11.8 Å².